The van der Waals surface area contributed by atoms with Crippen molar-refractivity contribution in [1.29, 1.82) is 0 Å². The average Bonchev–Trinajstić information content (AvgIpc) is 2.37. The van der Waals surface area contributed by atoms with Gasteiger partial charge in [0.1, 0.15) is 17.3 Å². The van der Waals surface area contributed by atoms with Gasteiger partial charge < -0.3 is 9.84 Å². The molecule has 106 valence electrons. The van der Waals surface area contributed by atoms with Crippen molar-refractivity contribution >= 4 is 15.9 Å². The lowest BCUT2D eigenvalue weighted by Crippen LogP contribution is -1.98. The molecule has 0 radical (unpaired) electrons. The van der Waals surface area contributed by atoms with Crippen LogP contribution in [0.2, 0.25) is 0 Å². The van der Waals surface area contributed by atoms with Crippen LogP contribution in [0.4, 0.5) is 4.39 Å². The second-order valence-corrected chi connectivity index (χ2v) is 5.62. The lowest BCUT2D eigenvalue weighted by atomic mass is 10.1. The first kappa shape index (κ1) is 15.0. The summed E-state index contributed by atoms with van der Waals surface area (Å²) in [6.07, 6.45) is -0.793. The molecule has 1 atom stereocenters. The van der Waals surface area contributed by atoms with E-state index in [0.29, 0.717) is 17.1 Å². The van der Waals surface area contributed by atoms with Crippen LogP contribution >= 0.6 is 15.9 Å². The van der Waals surface area contributed by atoms with E-state index in [2.05, 4.69) is 15.9 Å². The number of aliphatic hydroxyl groups is 1. The zero-order chi connectivity index (χ0) is 14.9. The Hall–Kier alpha value is -1.39. The van der Waals surface area contributed by atoms with Gasteiger partial charge in [-0.2, -0.15) is 0 Å². The van der Waals surface area contributed by atoms with Crippen molar-refractivity contribution in [2.24, 2.45) is 0 Å². The van der Waals surface area contributed by atoms with Gasteiger partial charge in [-0.05, 0) is 62.2 Å². The van der Waals surface area contributed by atoms with Gasteiger partial charge in [-0.25, -0.2) is 4.39 Å². The normalized spacial score (nSPS) is 12.3. The molecule has 0 saturated heterocycles. The van der Waals surface area contributed by atoms with Crippen molar-refractivity contribution in [3.05, 3.63) is 57.3 Å². The molecule has 1 N–H and O–H groups in total. The van der Waals surface area contributed by atoms with E-state index in [1.54, 1.807) is 6.92 Å². The van der Waals surface area contributed by atoms with Crippen molar-refractivity contribution in [2.75, 3.05) is 0 Å². The summed E-state index contributed by atoms with van der Waals surface area (Å²) >= 11 is 3.50. The van der Waals surface area contributed by atoms with Crippen molar-refractivity contribution in [3.63, 3.8) is 0 Å². The van der Waals surface area contributed by atoms with E-state index in [-0.39, 0.29) is 0 Å². The van der Waals surface area contributed by atoms with Crippen LogP contribution in [0.5, 0.6) is 11.5 Å². The molecule has 2 nitrogen and oxygen atoms in total. The molecule has 0 aliphatic carbocycles. The van der Waals surface area contributed by atoms with Gasteiger partial charge in [0.15, 0.2) is 0 Å². The van der Waals surface area contributed by atoms with Gasteiger partial charge >= 0.3 is 0 Å². The Morgan fingerprint density at radius 3 is 2.30 bits per heavy atom. The molecule has 0 fully saturated rings. The van der Waals surface area contributed by atoms with Gasteiger partial charge in [-0.3, -0.25) is 0 Å². The highest BCUT2D eigenvalue weighted by Gasteiger charge is 2.12. The van der Waals surface area contributed by atoms with E-state index in [0.717, 1.165) is 15.6 Å². The molecule has 0 aromatic heterocycles. The van der Waals surface area contributed by atoms with Crippen LogP contribution in [-0.4, -0.2) is 5.11 Å². The Bertz CT molecular complexity index is 615. The highest BCUT2D eigenvalue weighted by Crippen LogP contribution is 2.33. The fourth-order valence-corrected chi connectivity index (χ4v) is 2.26. The van der Waals surface area contributed by atoms with Gasteiger partial charge in [-0.1, -0.05) is 15.9 Å². The summed E-state index contributed by atoms with van der Waals surface area (Å²) in [4.78, 5) is 0. The van der Waals surface area contributed by atoms with E-state index in [1.165, 1.54) is 18.2 Å². The summed E-state index contributed by atoms with van der Waals surface area (Å²) < 4.78 is 20.1. The molecule has 2 aromatic rings. The molecule has 20 heavy (non-hydrogen) atoms. The number of rotatable bonds is 3. The van der Waals surface area contributed by atoms with E-state index in [9.17, 15) is 9.50 Å². The van der Waals surface area contributed by atoms with Crippen LogP contribution in [-0.2, 0) is 0 Å². The Morgan fingerprint density at radius 2 is 1.75 bits per heavy atom. The maximum Gasteiger partial charge on any atom is 0.133 e. The number of ether oxygens (including phenoxy) is 1. The molecule has 0 heterocycles. The standard InChI is InChI=1S/C16H16BrFO2/c1-9-6-13(7-10(2)16(9)17)20-15-5-4-12(18)8-14(15)11(3)19/h4-8,11,19H,1-3H3/t11-/m0/s1. The average molecular weight is 339 g/mol. The van der Waals surface area contributed by atoms with Crippen LogP contribution in [0.3, 0.4) is 0 Å². The second kappa shape index (κ2) is 5.94. The fraction of sp³-hybridized carbons (Fsp3) is 0.250. The second-order valence-electron chi connectivity index (χ2n) is 4.83. The molecule has 0 amide bonds. The molecule has 0 saturated carbocycles. The molecule has 2 rings (SSSR count). The van der Waals surface area contributed by atoms with Gasteiger partial charge in [0.25, 0.3) is 0 Å². The summed E-state index contributed by atoms with van der Waals surface area (Å²) in [7, 11) is 0. The first-order chi connectivity index (χ1) is 9.38. The van der Waals surface area contributed by atoms with E-state index < -0.39 is 11.9 Å². The van der Waals surface area contributed by atoms with Crippen molar-refractivity contribution in [3.8, 4) is 11.5 Å². The van der Waals surface area contributed by atoms with Gasteiger partial charge in [0, 0.05) is 10.0 Å². The Morgan fingerprint density at radius 1 is 1.15 bits per heavy atom. The lowest BCUT2D eigenvalue weighted by Gasteiger charge is -2.15. The molecule has 0 aliphatic heterocycles. The molecular weight excluding hydrogens is 323 g/mol. The largest absolute Gasteiger partial charge is 0.457 e. The third kappa shape index (κ3) is 3.19. The van der Waals surface area contributed by atoms with Crippen LogP contribution in [0.15, 0.2) is 34.8 Å². The number of hydrogen-bond acceptors (Lipinski definition) is 2. The zero-order valence-corrected chi connectivity index (χ0v) is 13.2. The van der Waals surface area contributed by atoms with Crippen molar-refractivity contribution < 1.29 is 14.2 Å². The molecule has 2 aromatic carbocycles. The number of aliphatic hydroxyl groups excluding tert-OH is 1. The number of halogens is 2. The molecule has 4 heteroatoms. The molecular formula is C16H16BrFO2. The summed E-state index contributed by atoms with van der Waals surface area (Å²) in [6, 6.07) is 7.93. The number of hydrogen-bond donors (Lipinski definition) is 1. The van der Waals surface area contributed by atoms with Gasteiger partial charge in [0.05, 0.1) is 6.10 Å². The smallest absolute Gasteiger partial charge is 0.133 e. The fourth-order valence-electron chi connectivity index (χ4n) is 2.03. The molecule has 0 spiro atoms. The van der Waals surface area contributed by atoms with E-state index in [1.807, 2.05) is 26.0 Å². The zero-order valence-electron chi connectivity index (χ0n) is 11.6. The maximum atomic E-state index is 13.3. The topological polar surface area (TPSA) is 29.5 Å². The predicted molar refractivity (Wildman–Crippen MR) is 80.7 cm³/mol. The monoisotopic (exact) mass is 338 g/mol. The third-order valence-electron chi connectivity index (χ3n) is 3.06. The van der Waals surface area contributed by atoms with Gasteiger partial charge in [0.2, 0.25) is 0 Å². The molecule has 0 bridgehead atoms. The Balaban J connectivity index is 2.40. The van der Waals surface area contributed by atoms with Crippen LogP contribution in [0.25, 0.3) is 0 Å². The van der Waals surface area contributed by atoms with E-state index in [4.69, 9.17) is 4.74 Å². The predicted octanol–water partition coefficient (Wildman–Crippen LogP) is 5.05. The minimum atomic E-state index is -0.793. The highest BCUT2D eigenvalue weighted by atomic mass is 79.9. The van der Waals surface area contributed by atoms with Crippen LogP contribution in [0.1, 0.15) is 29.7 Å². The highest BCUT2D eigenvalue weighted by molar-refractivity contribution is 9.10. The van der Waals surface area contributed by atoms with Crippen LogP contribution in [0, 0.1) is 19.7 Å². The summed E-state index contributed by atoms with van der Waals surface area (Å²) in [5, 5.41) is 9.71. The minimum absolute atomic E-state index is 0.392. The maximum absolute atomic E-state index is 13.3. The number of benzene rings is 2. The number of aryl methyl sites for hydroxylation is 2. The SMILES string of the molecule is Cc1cc(Oc2ccc(F)cc2[C@H](C)O)cc(C)c1Br. The van der Waals surface area contributed by atoms with Crippen molar-refractivity contribution in [2.45, 2.75) is 26.9 Å². The first-order valence-corrected chi connectivity index (χ1v) is 7.10. The third-order valence-corrected chi connectivity index (χ3v) is 4.31. The molecule has 0 unspecified atom stereocenters. The minimum Gasteiger partial charge on any atom is -0.457 e. The quantitative estimate of drug-likeness (QED) is 0.848. The Labute approximate surface area is 126 Å². The molecule has 0 aliphatic rings. The van der Waals surface area contributed by atoms with Gasteiger partial charge in [-0.15, -0.1) is 0 Å². The Kier molecular flexibility index (Phi) is 4.45. The summed E-state index contributed by atoms with van der Waals surface area (Å²) in [5.41, 5.74) is 2.55. The summed E-state index contributed by atoms with van der Waals surface area (Å²) in [6.45, 7) is 5.54. The van der Waals surface area contributed by atoms with Crippen LogP contribution < -0.4 is 4.74 Å². The van der Waals surface area contributed by atoms with E-state index >= 15 is 0 Å². The van der Waals surface area contributed by atoms with Crippen molar-refractivity contribution in [1.82, 2.24) is 0 Å². The lowest BCUT2D eigenvalue weighted by molar-refractivity contribution is 0.195. The first-order valence-electron chi connectivity index (χ1n) is 6.30. The summed E-state index contributed by atoms with van der Waals surface area (Å²) in [5.74, 6) is 0.732.